The van der Waals surface area contributed by atoms with Crippen molar-refractivity contribution in [2.45, 2.75) is 50.5 Å². The van der Waals surface area contributed by atoms with E-state index in [4.69, 9.17) is 16.3 Å². The third kappa shape index (κ3) is 2.78. The van der Waals surface area contributed by atoms with Gasteiger partial charge in [-0.3, -0.25) is 4.79 Å². The van der Waals surface area contributed by atoms with Crippen molar-refractivity contribution < 1.29 is 9.53 Å². The van der Waals surface area contributed by atoms with Gasteiger partial charge in [0.15, 0.2) is 0 Å². The van der Waals surface area contributed by atoms with E-state index in [0.717, 1.165) is 17.9 Å². The highest BCUT2D eigenvalue weighted by Gasteiger charge is 2.34. The van der Waals surface area contributed by atoms with Gasteiger partial charge in [-0.15, -0.1) is 11.6 Å². The molecule has 2 unspecified atom stereocenters. The minimum Gasteiger partial charge on any atom is -0.489 e. The van der Waals surface area contributed by atoms with Crippen molar-refractivity contribution in [3.05, 3.63) is 23.8 Å². The summed E-state index contributed by atoms with van der Waals surface area (Å²) in [4.78, 5) is 11.4. The third-order valence-corrected chi connectivity index (χ3v) is 4.54. The van der Waals surface area contributed by atoms with E-state index in [1.54, 1.807) is 0 Å². The van der Waals surface area contributed by atoms with Crippen LogP contribution in [0.5, 0.6) is 5.75 Å². The van der Waals surface area contributed by atoms with Crippen LogP contribution in [0.3, 0.4) is 0 Å². The number of hydrogen-bond donors (Lipinski definition) is 1. The highest BCUT2D eigenvalue weighted by atomic mass is 35.5. The Morgan fingerprint density at radius 2 is 2.05 bits per heavy atom. The summed E-state index contributed by atoms with van der Waals surface area (Å²) in [7, 11) is 0. The number of fused-ring (bicyclic) bond motifs is 3. The van der Waals surface area contributed by atoms with Crippen LogP contribution in [0.1, 0.15) is 50.0 Å². The van der Waals surface area contributed by atoms with E-state index in [2.05, 4.69) is 11.4 Å². The lowest BCUT2D eigenvalue weighted by Crippen LogP contribution is -2.20. The number of ether oxygens (including phenoxy) is 1. The molecule has 0 bridgehead atoms. The molecule has 1 saturated carbocycles. The molecule has 0 radical (unpaired) electrons. The molecule has 3 rings (SSSR count). The Balaban J connectivity index is 1.82. The van der Waals surface area contributed by atoms with Crippen LogP contribution in [0.4, 0.5) is 5.69 Å². The van der Waals surface area contributed by atoms with E-state index >= 15 is 0 Å². The van der Waals surface area contributed by atoms with E-state index in [1.807, 2.05) is 12.1 Å². The van der Waals surface area contributed by atoms with Gasteiger partial charge in [0.1, 0.15) is 17.7 Å². The van der Waals surface area contributed by atoms with Gasteiger partial charge in [-0.2, -0.15) is 0 Å². The molecule has 1 aromatic rings. The molecule has 1 heterocycles. The van der Waals surface area contributed by atoms with E-state index in [9.17, 15) is 4.79 Å². The van der Waals surface area contributed by atoms with Crippen molar-refractivity contribution in [2.24, 2.45) is 0 Å². The van der Waals surface area contributed by atoms with E-state index in [1.165, 1.54) is 37.7 Å². The number of anilines is 1. The number of carbonyl (C=O) groups is 1. The number of amides is 1. The average Bonchev–Trinajstić information content (AvgIpc) is 2.75. The molecule has 2 atom stereocenters. The smallest absolute Gasteiger partial charge is 0.239 e. The Kier molecular flexibility index (Phi) is 4.16. The van der Waals surface area contributed by atoms with Crippen LogP contribution < -0.4 is 10.1 Å². The van der Waals surface area contributed by atoms with Crippen molar-refractivity contribution in [3.63, 3.8) is 0 Å². The molecular weight excluding hydrogens is 274 g/mol. The van der Waals surface area contributed by atoms with E-state index in [-0.39, 0.29) is 11.8 Å². The summed E-state index contributed by atoms with van der Waals surface area (Å²) < 4.78 is 6.09. The minimum atomic E-state index is -0.167. The van der Waals surface area contributed by atoms with Crippen LogP contribution in [0.2, 0.25) is 0 Å². The summed E-state index contributed by atoms with van der Waals surface area (Å²) >= 11 is 5.53. The standard InChI is InChI=1S/C16H20ClNO2/c17-10-16(19)18-11-7-8-15-13(9-11)12-5-3-1-2-4-6-14(12)20-15/h7-9,12,14H,1-6,10H2,(H,18,19). The number of hydrogen-bond acceptors (Lipinski definition) is 2. The predicted octanol–water partition coefficient (Wildman–Crippen LogP) is 4.06. The lowest BCUT2D eigenvalue weighted by atomic mass is 9.85. The van der Waals surface area contributed by atoms with Crippen LogP contribution in [0, 0.1) is 0 Å². The van der Waals surface area contributed by atoms with Crippen molar-refractivity contribution in [3.8, 4) is 5.75 Å². The number of rotatable bonds is 2. The fourth-order valence-electron chi connectivity index (χ4n) is 3.33. The number of benzene rings is 1. The fourth-order valence-corrected chi connectivity index (χ4v) is 3.39. The normalized spacial score (nSPS) is 24.9. The quantitative estimate of drug-likeness (QED) is 0.835. The molecule has 3 nitrogen and oxygen atoms in total. The maximum atomic E-state index is 11.4. The summed E-state index contributed by atoms with van der Waals surface area (Å²) in [6.45, 7) is 0. The number of carbonyl (C=O) groups excluding carboxylic acids is 1. The molecule has 1 amide bonds. The molecule has 1 aliphatic heterocycles. The SMILES string of the molecule is O=C(CCl)Nc1ccc2c(c1)C1CCCCCCC1O2. The molecule has 1 aliphatic carbocycles. The van der Waals surface area contributed by atoms with Crippen molar-refractivity contribution >= 4 is 23.2 Å². The van der Waals surface area contributed by atoms with Crippen molar-refractivity contribution in [1.82, 2.24) is 0 Å². The first-order valence-corrected chi connectivity index (χ1v) is 7.98. The summed E-state index contributed by atoms with van der Waals surface area (Å²) in [5, 5.41) is 2.82. The zero-order chi connectivity index (χ0) is 13.9. The Bertz CT molecular complexity index is 503. The Morgan fingerprint density at radius 1 is 1.25 bits per heavy atom. The second-order valence-electron chi connectivity index (χ2n) is 5.69. The predicted molar refractivity (Wildman–Crippen MR) is 80.7 cm³/mol. The van der Waals surface area contributed by atoms with Gasteiger partial charge >= 0.3 is 0 Å². The highest BCUT2D eigenvalue weighted by Crippen LogP contribution is 2.44. The minimum absolute atomic E-state index is 0.0142. The van der Waals surface area contributed by atoms with Gasteiger partial charge in [0.25, 0.3) is 0 Å². The van der Waals surface area contributed by atoms with E-state index in [0.29, 0.717) is 12.0 Å². The lowest BCUT2D eigenvalue weighted by molar-refractivity contribution is -0.113. The number of halogens is 1. The Labute approximate surface area is 124 Å². The molecule has 108 valence electrons. The molecular formula is C16H20ClNO2. The second kappa shape index (κ2) is 6.04. The number of nitrogens with one attached hydrogen (secondary N) is 1. The molecule has 1 aromatic carbocycles. The van der Waals surface area contributed by atoms with Crippen molar-refractivity contribution in [2.75, 3.05) is 11.2 Å². The van der Waals surface area contributed by atoms with Gasteiger partial charge < -0.3 is 10.1 Å². The summed E-state index contributed by atoms with van der Waals surface area (Å²) in [5.74, 6) is 1.29. The van der Waals surface area contributed by atoms with Crippen LogP contribution in [0.15, 0.2) is 18.2 Å². The zero-order valence-electron chi connectivity index (χ0n) is 11.5. The van der Waals surface area contributed by atoms with Gasteiger partial charge in [-0.05, 0) is 37.5 Å². The average molecular weight is 294 g/mol. The van der Waals surface area contributed by atoms with Crippen LogP contribution in [-0.2, 0) is 4.79 Å². The first kappa shape index (κ1) is 13.7. The molecule has 2 aliphatic rings. The fraction of sp³-hybridized carbons (Fsp3) is 0.562. The Hall–Kier alpha value is -1.22. The molecule has 1 N–H and O–H groups in total. The van der Waals surface area contributed by atoms with Crippen LogP contribution >= 0.6 is 11.6 Å². The molecule has 1 fully saturated rings. The maximum absolute atomic E-state index is 11.4. The largest absolute Gasteiger partial charge is 0.489 e. The first-order chi connectivity index (χ1) is 9.78. The van der Waals surface area contributed by atoms with Gasteiger partial charge in [-0.1, -0.05) is 19.3 Å². The maximum Gasteiger partial charge on any atom is 0.239 e. The van der Waals surface area contributed by atoms with Gasteiger partial charge in [0.2, 0.25) is 5.91 Å². The lowest BCUT2D eigenvalue weighted by Gasteiger charge is -2.21. The summed E-state index contributed by atoms with van der Waals surface area (Å²) in [6.07, 6.45) is 7.81. The van der Waals surface area contributed by atoms with Crippen LogP contribution in [-0.4, -0.2) is 17.9 Å². The summed E-state index contributed by atoms with van der Waals surface area (Å²) in [6, 6.07) is 5.93. The monoisotopic (exact) mass is 293 g/mol. The topological polar surface area (TPSA) is 38.3 Å². The van der Waals surface area contributed by atoms with Gasteiger partial charge in [0.05, 0.1) is 0 Å². The second-order valence-corrected chi connectivity index (χ2v) is 5.96. The molecule has 0 aromatic heterocycles. The zero-order valence-corrected chi connectivity index (χ0v) is 12.3. The molecule has 4 heteroatoms. The molecule has 20 heavy (non-hydrogen) atoms. The highest BCUT2D eigenvalue weighted by molar-refractivity contribution is 6.29. The van der Waals surface area contributed by atoms with Crippen molar-refractivity contribution in [1.29, 1.82) is 0 Å². The first-order valence-electron chi connectivity index (χ1n) is 7.44. The van der Waals surface area contributed by atoms with E-state index < -0.39 is 0 Å². The summed E-state index contributed by atoms with van der Waals surface area (Å²) in [5.41, 5.74) is 2.07. The van der Waals surface area contributed by atoms with Crippen LogP contribution in [0.25, 0.3) is 0 Å². The molecule has 0 spiro atoms. The molecule has 0 saturated heterocycles. The Morgan fingerprint density at radius 3 is 2.85 bits per heavy atom. The third-order valence-electron chi connectivity index (χ3n) is 4.30. The van der Waals surface area contributed by atoms with Gasteiger partial charge in [0, 0.05) is 17.2 Å². The number of alkyl halides is 1. The van der Waals surface area contributed by atoms with Gasteiger partial charge in [-0.25, -0.2) is 0 Å².